The molecule has 24 heavy (non-hydrogen) atoms. The van der Waals surface area contributed by atoms with Gasteiger partial charge in [0, 0.05) is 25.7 Å². The molecule has 0 unspecified atom stereocenters. The van der Waals surface area contributed by atoms with Crippen molar-refractivity contribution in [2.45, 2.75) is 50.5 Å². The topological polar surface area (TPSA) is 40.6 Å². The van der Waals surface area contributed by atoms with E-state index in [1.807, 2.05) is 0 Å². The van der Waals surface area contributed by atoms with Crippen molar-refractivity contribution in [1.29, 1.82) is 0 Å². The molecule has 1 saturated carbocycles. The molecule has 0 aromatic heterocycles. The quantitative estimate of drug-likeness (QED) is 0.837. The van der Waals surface area contributed by atoms with Crippen molar-refractivity contribution in [3.05, 3.63) is 30.1 Å². The van der Waals surface area contributed by atoms with Gasteiger partial charge in [0.15, 0.2) is 0 Å². The van der Waals surface area contributed by atoms with Gasteiger partial charge in [0.1, 0.15) is 5.82 Å². The number of nitrogens with zero attached hydrogens (tertiary/aromatic N) is 2. The number of hydrogen-bond acceptors (Lipinski definition) is 3. The zero-order chi connectivity index (χ0) is 17.4. The van der Waals surface area contributed by atoms with Crippen LogP contribution in [-0.2, 0) is 10.0 Å². The fourth-order valence-corrected chi connectivity index (χ4v) is 5.46. The van der Waals surface area contributed by atoms with Gasteiger partial charge in [-0.3, -0.25) is 4.90 Å². The summed E-state index contributed by atoms with van der Waals surface area (Å²) in [6.45, 7) is 7.41. The normalized spacial score (nSPS) is 26.4. The van der Waals surface area contributed by atoms with Gasteiger partial charge in [-0.05, 0) is 61.9 Å². The van der Waals surface area contributed by atoms with Gasteiger partial charge in [0.2, 0.25) is 10.0 Å². The van der Waals surface area contributed by atoms with E-state index in [9.17, 15) is 12.8 Å². The van der Waals surface area contributed by atoms with Gasteiger partial charge < -0.3 is 0 Å². The lowest BCUT2D eigenvalue weighted by Gasteiger charge is -2.28. The minimum Gasteiger partial charge on any atom is -0.299 e. The van der Waals surface area contributed by atoms with E-state index in [0.29, 0.717) is 24.5 Å². The molecule has 1 aromatic rings. The highest BCUT2D eigenvalue weighted by molar-refractivity contribution is 7.89. The first-order valence-corrected chi connectivity index (χ1v) is 10.2. The highest BCUT2D eigenvalue weighted by atomic mass is 32.2. The van der Waals surface area contributed by atoms with Gasteiger partial charge >= 0.3 is 0 Å². The van der Waals surface area contributed by atoms with Gasteiger partial charge in [0.25, 0.3) is 0 Å². The molecule has 2 aliphatic rings. The zero-order valence-electron chi connectivity index (χ0n) is 14.5. The minimum atomic E-state index is -3.53. The van der Waals surface area contributed by atoms with Crippen molar-refractivity contribution in [3.63, 3.8) is 0 Å². The van der Waals surface area contributed by atoms with Crippen LogP contribution >= 0.6 is 0 Å². The van der Waals surface area contributed by atoms with Crippen molar-refractivity contribution in [1.82, 2.24) is 9.21 Å². The SMILES string of the molecule is CC1(C)CC[C@H](N2CCCN(S(=O)(=O)c3ccc(F)cc3)CC2)C1. The van der Waals surface area contributed by atoms with Crippen molar-refractivity contribution in [3.8, 4) is 0 Å². The van der Waals surface area contributed by atoms with E-state index in [1.165, 1.54) is 43.5 Å². The van der Waals surface area contributed by atoms with Crippen LogP contribution in [-0.4, -0.2) is 49.8 Å². The molecule has 1 aliphatic carbocycles. The van der Waals surface area contributed by atoms with E-state index < -0.39 is 15.8 Å². The smallest absolute Gasteiger partial charge is 0.243 e. The maximum absolute atomic E-state index is 13.1. The first kappa shape index (κ1) is 17.8. The number of halogens is 1. The second-order valence-corrected chi connectivity index (χ2v) is 9.75. The maximum atomic E-state index is 13.1. The average molecular weight is 354 g/mol. The van der Waals surface area contributed by atoms with Crippen LogP contribution in [0.15, 0.2) is 29.2 Å². The number of benzene rings is 1. The van der Waals surface area contributed by atoms with Crippen LogP contribution in [0, 0.1) is 11.2 Å². The van der Waals surface area contributed by atoms with Gasteiger partial charge in [-0.1, -0.05) is 13.8 Å². The molecule has 1 saturated heterocycles. The van der Waals surface area contributed by atoms with E-state index in [0.717, 1.165) is 19.5 Å². The third kappa shape index (κ3) is 3.81. The van der Waals surface area contributed by atoms with Crippen LogP contribution in [0.4, 0.5) is 4.39 Å². The molecule has 1 aliphatic heterocycles. The maximum Gasteiger partial charge on any atom is 0.243 e. The van der Waals surface area contributed by atoms with Gasteiger partial charge in [-0.2, -0.15) is 4.31 Å². The Morgan fingerprint density at radius 3 is 2.42 bits per heavy atom. The third-order valence-electron chi connectivity index (χ3n) is 5.40. The molecule has 134 valence electrons. The fraction of sp³-hybridized carbons (Fsp3) is 0.667. The third-order valence-corrected chi connectivity index (χ3v) is 7.31. The summed E-state index contributed by atoms with van der Waals surface area (Å²) in [5.41, 5.74) is 0.400. The average Bonchev–Trinajstić information content (AvgIpc) is 2.74. The first-order valence-electron chi connectivity index (χ1n) is 8.78. The summed E-state index contributed by atoms with van der Waals surface area (Å²) in [7, 11) is -3.53. The molecule has 3 rings (SSSR count). The van der Waals surface area contributed by atoms with Gasteiger partial charge in [0.05, 0.1) is 4.90 Å². The van der Waals surface area contributed by atoms with Gasteiger partial charge in [-0.15, -0.1) is 0 Å². The fourth-order valence-electron chi connectivity index (χ4n) is 3.99. The summed E-state index contributed by atoms with van der Waals surface area (Å²) in [6.07, 6.45) is 4.48. The number of hydrogen-bond donors (Lipinski definition) is 0. The Morgan fingerprint density at radius 2 is 1.79 bits per heavy atom. The van der Waals surface area contributed by atoms with Crippen LogP contribution < -0.4 is 0 Å². The predicted molar refractivity (Wildman–Crippen MR) is 92.8 cm³/mol. The van der Waals surface area contributed by atoms with E-state index in [2.05, 4.69) is 18.7 Å². The van der Waals surface area contributed by atoms with Crippen LogP contribution in [0.25, 0.3) is 0 Å². The molecular weight excluding hydrogens is 327 g/mol. The molecule has 0 radical (unpaired) electrons. The highest BCUT2D eigenvalue weighted by Gasteiger charge is 2.36. The number of rotatable bonds is 3. The Bertz CT molecular complexity index is 673. The van der Waals surface area contributed by atoms with Crippen molar-refractivity contribution in [2.24, 2.45) is 5.41 Å². The van der Waals surface area contributed by atoms with Crippen molar-refractivity contribution >= 4 is 10.0 Å². The lowest BCUT2D eigenvalue weighted by Crippen LogP contribution is -2.38. The Kier molecular flexibility index (Phi) is 5.00. The first-order chi connectivity index (χ1) is 11.3. The largest absolute Gasteiger partial charge is 0.299 e. The molecule has 0 amide bonds. The standard InChI is InChI=1S/C18H27FN2O2S/c1-18(2)9-8-16(14-18)20-10-3-11-21(13-12-20)24(22,23)17-6-4-15(19)5-7-17/h4-7,16H,3,8-14H2,1-2H3/t16-/m0/s1. The molecule has 4 nitrogen and oxygen atoms in total. The molecule has 1 atom stereocenters. The Morgan fingerprint density at radius 1 is 1.08 bits per heavy atom. The summed E-state index contributed by atoms with van der Waals surface area (Å²) >= 11 is 0. The monoisotopic (exact) mass is 354 g/mol. The van der Waals surface area contributed by atoms with Gasteiger partial charge in [-0.25, -0.2) is 12.8 Å². The summed E-state index contributed by atoms with van der Waals surface area (Å²) in [6, 6.07) is 5.70. The van der Waals surface area contributed by atoms with Crippen LogP contribution in [0.1, 0.15) is 39.5 Å². The highest BCUT2D eigenvalue weighted by Crippen LogP contribution is 2.39. The van der Waals surface area contributed by atoms with E-state index in [-0.39, 0.29) is 4.90 Å². The molecule has 2 fully saturated rings. The molecule has 1 heterocycles. The summed E-state index contributed by atoms with van der Waals surface area (Å²) < 4.78 is 40.1. The van der Waals surface area contributed by atoms with Crippen molar-refractivity contribution < 1.29 is 12.8 Å². The Labute approximate surface area is 144 Å². The summed E-state index contributed by atoms with van der Waals surface area (Å²) in [4.78, 5) is 2.65. The molecule has 0 N–H and O–H groups in total. The van der Waals surface area contributed by atoms with E-state index >= 15 is 0 Å². The van der Waals surface area contributed by atoms with E-state index in [4.69, 9.17) is 0 Å². The summed E-state index contributed by atoms with van der Waals surface area (Å²) in [5.74, 6) is -0.417. The predicted octanol–water partition coefficient (Wildman–Crippen LogP) is 3.10. The molecule has 0 spiro atoms. The van der Waals surface area contributed by atoms with Crippen LogP contribution in [0.2, 0.25) is 0 Å². The molecule has 1 aromatic carbocycles. The Balaban J connectivity index is 1.68. The van der Waals surface area contributed by atoms with Crippen LogP contribution in [0.3, 0.4) is 0 Å². The van der Waals surface area contributed by atoms with E-state index in [1.54, 1.807) is 4.31 Å². The second kappa shape index (κ2) is 6.73. The zero-order valence-corrected chi connectivity index (χ0v) is 15.4. The van der Waals surface area contributed by atoms with Crippen LogP contribution in [0.5, 0.6) is 0 Å². The lowest BCUT2D eigenvalue weighted by atomic mass is 9.91. The number of sulfonamides is 1. The molecule has 6 heteroatoms. The lowest BCUT2D eigenvalue weighted by molar-refractivity contribution is 0.195. The summed E-state index contributed by atoms with van der Waals surface area (Å²) in [5, 5.41) is 0. The Hall–Kier alpha value is -0.980. The van der Waals surface area contributed by atoms with Crippen molar-refractivity contribution in [2.75, 3.05) is 26.2 Å². The second-order valence-electron chi connectivity index (χ2n) is 7.81. The minimum absolute atomic E-state index is 0.180. The molecular formula is C18H27FN2O2S. The molecule has 0 bridgehead atoms.